The molecule has 0 aromatic heterocycles. The second kappa shape index (κ2) is 5.75. The molecule has 0 spiro atoms. The SMILES string of the molecule is Cc1c([N+](=O)[O-])cccc1S(=O)(=O)N1CC[C@@H]1c1ccccc1. The Hall–Kier alpha value is -2.25. The maximum Gasteiger partial charge on any atom is 0.273 e. The van der Waals surface area contributed by atoms with Crippen LogP contribution in [0.2, 0.25) is 0 Å². The van der Waals surface area contributed by atoms with Crippen molar-refractivity contribution in [1.82, 2.24) is 4.31 Å². The molecular weight excluding hydrogens is 316 g/mol. The first kappa shape index (κ1) is 15.6. The third-order valence-corrected chi connectivity index (χ3v) is 6.25. The van der Waals surface area contributed by atoms with E-state index in [0.717, 1.165) is 12.0 Å². The number of hydrogen-bond acceptors (Lipinski definition) is 4. The number of benzene rings is 2. The van der Waals surface area contributed by atoms with Crippen molar-refractivity contribution in [2.75, 3.05) is 6.54 Å². The predicted octanol–water partition coefficient (Wildman–Crippen LogP) is 3.04. The zero-order valence-electron chi connectivity index (χ0n) is 12.5. The van der Waals surface area contributed by atoms with Crippen LogP contribution in [-0.2, 0) is 10.0 Å². The highest BCUT2D eigenvalue weighted by Crippen LogP contribution is 2.39. The molecule has 0 N–H and O–H groups in total. The van der Waals surface area contributed by atoms with Gasteiger partial charge in [0.05, 0.1) is 15.9 Å². The molecule has 3 rings (SSSR count). The van der Waals surface area contributed by atoms with Crippen molar-refractivity contribution in [3.8, 4) is 0 Å². The van der Waals surface area contributed by atoms with Crippen LogP contribution in [-0.4, -0.2) is 24.2 Å². The average molecular weight is 332 g/mol. The third-order valence-electron chi connectivity index (χ3n) is 4.19. The van der Waals surface area contributed by atoms with Crippen LogP contribution in [0.5, 0.6) is 0 Å². The van der Waals surface area contributed by atoms with Gasteiger partial charge in [-0.15, -0.1) is 0 Å². The Balaban J connectivity index is 2.00. The van der Waals surface area contributed by atoms with Crippen LogP contribution in [0.25, 0.3) is 0 Å². The molecule has 1 heterocycles. The summed E-state index contributed by atoms with van der Waals surface area (Å²) in [6.07, 6.45) is 0.747. The fourth-order valence-corrected chi connectivity index (χ4v) is 4.77. The summed E-state index contributed by atoms with van der Waals surface area (Å²) in [5.74, 6) is 0. The molecule has 7 heteroatoms. The molecule has 0 saturated carbocycles. The highest BCUT2D eigenvalue weighted by Gasteiger charge is 2.40. The van der Waals surface area contributed by atoms with Crippen molar-refractivity contribution in [2.24, 2.45) is 0 Å². The van der Waals surface area contributed by atoms with Gasteiger partial charge < -0.3 is 0 Å². The van der Waals surface area contributed by atoms with Crippen LogP contribution in [0.4, 0.5) is 5.69 Å². The third kappa shape index (κ3) is 2.62. The molecule has 2 aromatic rings. The lowest BCUT2D eigenvalue weighted by atomic mass is 9.98. The minimum absolute atomic E-state index is 0.00679. The lowest BCUT2D eigenvalue weighted by Crippen LogP contribution is -2.45. The molecule has 1 fully saturated rings. The van der Waals surface area contributed by atoms with Crippen LogP contribution < -0.4 is 0 Å². The van der Waals surface area contributed by atoms with E-state index in [9.17, 15) is 18.5 Å². The highest BCUT2D eigenvalue weighted by molar-refractivity contribution is 7.89. The number of nitrogens with zero attached hydrogens (tertiary/aromatic N) is 2. The number of sulfonamides is 1. The fraction of sp³-hybridized carbons (Fsp3) is 0.250. The summed E-state index contributed by atoms with van der Waals surface area (Å²) in [4.78, 5) is 10.5. The van der Waals surface area contributed by atoms with Crippen molar-refractivity contribution in [2.45, 2.75) is 24.3 Å². The number of hydrogen-bond donors (Lipinski definition) is 0. The van der Waals surface area contributed by atoms with Gasteiger partial charge in [0.15, 0.2) is 0 Å². The lowest BCUT2D eigenvalue weighted by molar-refractivity contribution is -0.385. The maximum atomic E-state index is 12.9. The summed E-state index contributed by atoms with van der Waals surface area (Å²) in [7, 11) is -3.76. The Labute approximate surface area is 134 Å². The topological polar surface area (TPSA) is 80.5 Å². The molecule has 0 bridgehead atoms. The van der Waals surface area contributed by atoms with Gasteiger partial charge in [-0.2, -0.15) is 4.31 Å². The molecule has 0 unspecified atom stereocenters. The van der Waals surface area contributed by atoms with Crippen molar-refractivity contribution >= 4 is 15.7 Å². The second-order valence-electron chi connectivity index (χ2n) is 5.49. The average Bonchev–Trinajstić information content (AvgIpc) is 2.46. The fourth-order valence-electron chi connectivity index (χ4n) is 2.87. The standard InChI is InChI=1S/C16H16N2O4S/c1-12-14(18(19)20)8-5-9-16(12)23(21,22)17-11-10-15(17)13-6-3-2-4-7-13/h2-9,15H,10-11H2,1H3/t15-/m1/s1. The van der Waals surface area contributed by atoms with E-state index in [1.54, 1.807) is 0 Å². The monoisotopic (exact) mass is 332 g/mol. The Kier molecular flexibility index (Phi) is 3.91. The van der Waals surface area contributed by atoms with Crippen LogP contribution in [0, 0.1) is 17.0 Å². The molecule has 23 heavy (non-hydrogen) atoms. The second-order valence-corrected chi connectivity index (χ2v) is 7.35. The molecule has 1 aliphatic heterocycles. The predicted molar refractivity (Wildman–Crippen MR) is 85.5 cm³/mol. The smallest absolute Gasteiger partial charge is 0.258 e. The zero-order valence-corrected chi connectivity index (χ0v) is 13.4. The maximum absolute atomic E-state index is 12.9. The minimum atomic E-state index is -3.76. The Morgan fingerprint density at radius 1 is 1.13 bits per heavy atom. The van der Waals surface area contributed by atoms with Crippen molar-refractivity contribution in [3.63, 3.8) is 0 Å². The number of nitro groups is 1. The van der Waals surface area contributed by atoms with E-state index in [0.29, 0.717) is 6.54 Å². The van der Waals surface area contributed by atoms with Crippen molar-refractivity contribution in [3.05, 3.63) is 69.8 Å². The van der Waals surface area contributed by atoms with Crippen LogP contribution >= 0.6 is 0 Å². The summed E-state index contributed by atoms with van der Waals surface area (Å²) >= 11 is 0. The van der Waals surface area contributed by atoms with Crippen LogP contribution in [0.1, 0.15) is 23.6 Å². The molecule has 2 aromatic carbocycles. The van der Waals surface area contributed by atoms with E-state index >= 15 is 0 Å². The van der Waals surface area contributed by atoms with Crippen molar-refractivity contribution in [1.29, 1.82) is 0 Å². The van der Waals surface area contributed by atoms with Crippen molar-refractivity contribution < 1.29 is 13.3 Å². The summed E-state index contributed by atoms with van der Waals surface area (Å²) in [5, 5.41) is 11.0. The lowest BCUT2D eigenvalue weighted by Gasteiger charge is -2.40. The molecule has 120 valence electrons. The minimum Gasteiger partial charge on any atom is -0.258 e. The van der Waals surface area contributed by atoms with Gasteiger partial charge in [0.25, 0.3) is 5.69 Å². The Bertz CT molecular complexity index is 850. The normalized spacial score (nSPS) is 18.4. The first-order chi connectivity index (χ1) is 10.9. The van der Waals surface area contributed by atoms with E-state index in [2.05, 4.69) is 0 Å². The molecule has 6 nitrogen and oxygen atoms in total. The van der Waals surface area contributed by atoms with E-state index in [1.807, 2.05) is 30.3 Å². The first-order valence-corrected chi connectivity index (χ1v) is 8.67. The number of nitro benzene ring substituents is 1. The molecular formula is C16H16N2O4S. The summed E-state index contributed by atoms with van der Waals surface area (Å²) in [5.41, 5.74) is 0.935. The van der Waals surface area contributed by atoms with Gasteiger partial charge in [0.1, 0.15) is 0 Å². The molecule has 0 aliphatic carbocycles. The van der Waals surface area contributed by atoms with Gasteiger partial charge in [0, 0.05) is 18.2 Å². The van der Waals surface area contributed by atoms with E-state index in [4.69, 9.17) is 0 Å². The quantitative estimate of drug-likeness (QED) is 0.636. The molecule has 0 amide bonds. The molecule has 1 atom stereocenters. The largest absolute Gasteiger partial charge is 0.273 e. The Morgan fingerprint density at radius 3 is 2.39 bits per heavy atom. The molecule has 0 radical (unpaired) electrons. The van der Waals surface area contributed by atoms with E-state index in [-0.39, 0.29) is 22.2 Å². The van der Waals surface area contributed by atoms with E-state index < -0.39 is 14.9 Å². The van der Waals surface area contributed by atoms with Gasteiger partial charge in [-0.25, -0.2) is 8.42 Å². The van der Waals surface area contributed by atoms with E-state index in [1.165, 1.54) is 29.4 Å². The molecule has 1 aliphatic rings. The first-order valence-electron chi connectivity index (χ1n) is 7.23. The zero-order chi connectivity index (χ0) is 16.6. The summed E-state index contributed by atoms with van der Waals surface area (Å²) in [6.45, 7) is 1.90. The summed E-state index contributed by atoms with van der Waals surface area (Å²) in [6, 6.07) is 13.4. The van der Waals surface area contributed by atoms with Crippen LogP contribution in [0.15, 0.2) is 53.4 Å². The van der Waals surface area contributed by atoms with Gasteiger partial charge in [0.2, 0.25) is 10.0 Å². The Morgan fingerprint density at radius 2 is 1.83 bits per heavy atom. The van der Waals surface area contributed by atoms with Gasteiger partial charge in [-0.3, -0.25) is 10.1 Å². The highest BCUT2D eigenvalue weighted by atomic mass is 32.2. The molecule has 1 saturated heterocycles. The van der Waals surface area contributed by atoms with Gasteiger partial charge >= 0.3 is 0 Å². The summed E-state index contributed by atoms with van der Waals surface area (Å²) < 4.78 is 27.2. The van der Waals surface area contributed by atoms with Gasteiger partial charge in [-0.1, -0.05) is 36.4 Å². The van der Waals surface area contributed by atoms with Gasteiger partial charge in [-0.05, 0) is 25.0 Å². The van der Waals surface area contributed by atoms with Crippen LogP contribution in [0.3, 0.4) is 0 Å². The number of rotatable bonds is 4.